The average molecular weight is 361 g/mol. The summed E-state index contributed by atoms with van der Waals surface area (Å²) in [6.07, 6.45) is 2.11. The van der Waals surface area contributed by atoms with E-state index in [9.17, 15) is 0 Å². The first-order valence-electron chi connectivity index (χ1n) is 8.18. The van der Waals surface area contributed by atoms with Gasteiger partial charge in [-0.05, 0) is 49.1 Å². The van der Waals surface area contributed by atoms with Crippen LogP contribution in [-0.2, 0) is 11.5 Å². The topological polar surface area (TPSA) is 52.8 Å². The van der Waals surface area contributed by atoms with Crippen molar-refractivity contribution in [1.29, 1.82) is 0 Å². The van der Waals surface area contributed by atoms with Gasteiger partial charge in [0.1, 0.15) is 23.9 Å². The van der Waals surface area contributed by atoms with Crippen molar-refractivity contribution in [3.63, 3.8) is 0 Å². The molecule has 0 aromatic carbocycles. The monoisotopic (exact) mass is 360 g/mol. The van der Waals surface area contributed by atoms with E-state index < -0.39 is 8.07 Å². The first kappa shape index (κ1) is 17.3. The van der Waals surface area contributed by atoms with Crippen LogP contribution in [0.15, 0.2) is 18.3 Å². The van der Waals surface area contributed by atoms with Gasteiger partial charge in [0.15, 0.2) is 5.01 Å². The summed E-state index contributed by atoms with van der Waals surface area (Å²) in [5, 5.41) is 2.02. The van der Waals surface area contributed by atoms with E-state index in [1.54, 1.807) is 0 Å². The highest BCUT2D eigenvalue weighted by atomic mass is 32.1. The highest BCUT2D eigenvalue weighted by Gasteiger charge is 2.14. The molecule has 0 amide bonds. The van der Waals surface area contributed by atoms with Crippen LogP contribution in [0.25, 0.3) is 21.7 Å². The zero-order valence-corrected chi connectivity index (χ0v) is 16.8. The summed E-state index contributed by atoms with van der Waals surface area (Å²) in [4.78, 5) is 9.24. The molecule has 0 unspecified atom stereocenters. The number of aromatic nitrogens is 4. The Hall–Kier alpha value is -1.57. The van der Waals surface area contributed by atoms with Gasteiger partial charge in [-0.15, -0.1) is 0 Å². The highest BCUT2D eigenvalue weighted by Crippen LogP contribution is 2.25. The molecule has 7 heteroatoms. The Morgan fingerprint density at radius 2 is 1.96 bits per heavy atom. The van der Waals surface area contributed by atoms with Gasteiger partial charge in [0.25, 0.3) is 0 Å². The molecule has 24 heavy (non-hydrogen) atoms. The molecule has 0 radical (unpaired) electrons. The van der Waals surface area contributed by atoms with Crippen LogP contribution >= 0.6 is 11.5 Å². The van der Waals surface area contributed by atoms with E-state index in [-0.39, 0.29) is 0 Å². The summed E-state index contributed by atoms with van der Waals surface area (Å²) in [7, 11) is -1.06. The lowest BCUT2D eigenvalue weighted by Crippen LogP contribution is -2.22. The summed E-state index contributed by atoms with van der Waals surface area (Å²) in [6, 6.07) is 5.31. The van der Waals surface area contributed by atoms with E-state index in [0.29, 0.717) is 6.73 Å². The third-order valence-corrected chi connectivity index (χ3v) is 6.43. The molecule has 5 nitrogen and oxygen atoms in total. The van der Waals surface area contributed by atoms with Crippen LogP contribution in [0, 0.1) is 13.8 Å². The van der Waals surface area contributed by atoms with Gasteiger partial charge < -0.3 is 9.30 Å². The predicted octanol–water partition coefficient (Wildman–Crippen LogP) is 4.48. The smallest absolute Gasteiger partial charge is 0.162 e. The summed E-state index contributed by atoms with van der Waals surface area (Å²) in [6.45, 7) is 12.5. The Labute approximate surface area is 147 Å². The molecule has 0 spiro atoms. The van der Waals surface area contributed by atoms with Gasteiger partial charge in [0.2, 0.25) is 0 Å². The number of rotatable bonds is 6. The molecule has 0 fully saturated rings. The first-order chi connectivity index (χ1) is 11.3. The molecule has 0 aliphatic rings. The highest BCUT2D eigenvalue weighted by molar-refractivity contribution is 7.09. The Balaban J connectivity index is 1.82. The van der Waals surface area contributed by atoms with Crippen molar-refractivity contribution in [2.75, 3.05) is 6.61 Å². The maximum atomic E-state index is 5.90. The quantitative estimate of drug-likeness (QED) is 0.480. The van der Waals surface area contributed by atoms with Crippen molar-refractivity contribution in [2.45, 2.75) is 46.3 Å². The van der Waals surface area contributed by atoms with Gasteiger partial charge >= 0.3 is 0 Å². The Morgan fingerprint density at radius 1 is 1.17 bits per heavy atom. The third kappa shape index (κ3) is 3.91. The minimum absolute atomic E-state index is 0.542. The third-order valence-electron chi connectivity index (χ3n) is 3.89. The number of fused-ring (bicyclic) bond motifs is 1. The second-order valence-electron chi connectivity index (χ2n) is 7.34. The van der Waals surface area contributed by atoms with Crippen molar-refractivity contribution in [3.8, 4) is 10.7 Å². The second kappa shape index (κ2) is 6.74. The largest absolute Gasteiger partial charge is 0.361 e. The zero-order valence-electron chi connectivity index (χ0n) is 15.0. The van der Waals surface area contributed by atoms with Gasteiger partial charge in [0, 0.05) is 26.3 Å². The van der Waals surface area contributed by atoms with Crippen molar-refractivity contribution < 1.29 is 4.74 Å². The standard InChI is InChI=1S/C17H24N4OSSi/c1-12-10-21(11-22-8-9-24(3,4)5)16-14(12)6-7-15(19-16)17-18-13(2)20-23-17/h6-7,10H,8-9,11H2,1-5H3. The number of hydrogen-bond acceptors (Lipinski definition) is 5. The number of pyridine rings is 1. The Morgan fingerprint density at radius 3 is 2.62 bits per heavy atom. The van der Waals surface area contributed by atoms with E-state index in [1.165, 1.54) is 23.1 Å². The molecule has 0 aliphatic heterocycles. The van der Waals surface area contributed by atoms with Crippen molar-refractivity contribution in [2.24, 2.45) is 0 Å². The molecule has 0 saturated carbocycles. The molecular formula is C17H24N4OSSi. The molecule has 3 aromatic rings. The van der Waals surface area contributed by atoms with Gasteiger partial charge in [-0.25, -0.2) is 9.97 Å². The molecule has 0 atom stereocenters. The molecule has 3 aromatic heterocycles. The van der Waals surface area contributed by atoms with E-state index in [0.717, 1.165) is 34.2 Å². The molecule has 3 rings (SSSR count). The number of ether oxygens (including phenoxy) is 1. The molecule has 0 N–H and O–H groups in total. The van der Waals surface area contributed by atoms with Gasteiger partial charge in [0.05, 0.1) is 0 Å². The van der Waals surface area contributed by atoms with E-state index in [1.807, 2.05) is 13.0 Å². The van der Waals surface area contributed by atoms with E-state index in [4.69, 9.17) is 9.72 Å². The van der Waals surface area contributed by atoms with Crippen LogP contribution in [0.4, 0.5) is 0 Å². The number of aryl methyl sites for hydroxylation is 2. The SMILES string of the molecule is Cc1nsc(-c2ccc3c(C)cn(COCC[Si](C)(C)C)c3n2)n1. The lowest BCUT2D eigenvalue weighted by molar-refractivity contribution is 0.0898. The fraction of sp³-hybridized carbons (Fsp3) is 0.471. The van der Waals surface area contributed by atoms with Crippen LogP contribution < -0.4 is 0 Å². The van der Waals surface area contributed by atoms with Gasteiger partial charge in [-0.2, -0.15) is 4.37 Å². The van der Waals surface area contributed by atoms with E-state index >= 15 is 0 Å². The first-order valence-corrected chi connectivity index (χ1v) is 12.7. The molecule has 0 bridgehead atoms. The second-order valence-corrected chi connectivity index (χ2v) is 13.7. The van der Waals surface area contributed by atoms with Crippen molar-refractivity contribution >= 4 is 30.6 Å². The minimum atomic E-state index is -1.06. The minimum Gasteiger partial charge on any atom is -0.361 e. The average Bonchev–Trinajstić information content (AvgIpc) is 3.07. The number of hydrogen-bond donors (Lipinski definition) is 0. The summed E-state index contributed by atoms with van der Waals surface area (Å²) in [5.74, 6) is 0.790. The van der Waals surface area contributed by atoms with E-state index in [2.05, 4.69) is 52.8 Å². The summed E-state index contributed by atoms with van der Waals surface area (Å²) < 4.78 is 12.2. The Kier molecular flexibility index (Phi) is 4.84. The summed E-state index contributed by atoms with van der Waals surface area (Å²) in [5.41, 5.74) is 3.03. The molecule has 0 saturated heterocycles. The van der Waals surface area contributed by atoms with Crippen LogP contribution in [-0.4, -0.2) is 33.6 Å². The Bertz CT molecular complexity index is 850. The maximum absolute atomic E-state index is 5.90. The lowest BCUT2D eigenvalue weighted by Gasteiger charge is -2.15. The van der Waals surface area contributed by atoms with Gasteiger partial charge in [-0.3, -0.25) is 0 Å². The van der Waals surface area contributed by atoms with Crippen molar-refractivity contribution in [1.82, 2.24) is 18.9 Å². The predicted molar refractivity (Wildman–Crippen MR) is 102 cm³/mol. The fourth-order valence-corrected chi connectivity index (χ4v) is 3.90. The van der Waals surface area contributed by atoms with Crippen molar-refractivity contribution in [3.05, 3.63) is 29.7 Å². The summed E-state index contributed by atoms with van der Waals surface area (Å²) >= 11 is 1.39. The maximum Gasteiger partial charge on any atom is 0.162 e. The molecule has 0 aliphatic carbocycles. The lowest BCUT2D eigenvalue weighted by atomic mass is 10.2. The molecular weight excluding hydrogens is 336 g/mol. The van der Waals surface area contributed by atoms with Crippen LogP contribution in [0.1, 0.15) is 11.4 Å². The molecule has 3 heterocycles. The van der Waals surface area contributed by atoms with Crippen LogP contribution in [0.2, 0.25) is 25.7 Å². The van der Waals surface area contributed by atoms with Crippen LogP contribution in [0.3, 0.4) is 0 Å². The zero-order chi connectivity index (χ0) is 17.3. The van der Waals surface area contributed by atoms with Crippen LogP contribution in [0.5, 0.6) is 0 Å². The van der Waals surface area contributed by atoms with Gasteiger partial charge in [-0.1, -0.05) is 19.6 Å². The normalized spacial score (nSPS) is 12.2. The number of nitrogens with zero attached hydrogens (tertiary/aromatic N) is 4. The fourth-order valence-electron chi connectivity index (χ4n) is 2.50. The molecule has 128 valence electrons.